The summed E-state index contributed by atoms with van der Waals surface area (Å²) in [5, 5.41) is 8.89. The molecule has 2 aromatic heterocycles. The molecule has 0 spiro atoms. The first-order chi connectivity index (χ1) is 9.02. The van der Waals surface area contributed by atoms with Crippen LogP contribution in [0.5, 0.6) is 0 Å². The van der Waals surface area contributed by atoms with E-state index in [0.717, 1.165) is 5.56 Å². The van der Waals surface area contributed by atoms with Crippen molar-refractivity contribution >= 4 is 5.82 Å². The minimum absolute atomic E-state index is 0.0460. The van der Waals surface area contributed by atoms with E-state index in [1.54, 1.807) is 16.8 Å². The highest BCUT2D eigenvalue weighted by atomic mass is 16.1. The minimum atomic E-state index is -0.0809. The Hall–Kier alpha value is -2.68. The molecule has 2 rings (SSSR count). The Kier molecular flexibility index (Phi) is 3.29. The van der Waals surface area contributed by atoms with Gasteiger partial charge in [-0.2, -0.15) is 5.26 Å². The summed E-state index contributed by atoms with van der Waals surface area (Å²) in [6, 6.07) is 5.06. The number of hydrogen-bond acceptors (Lipinski definition) is 5. The number of aromatic nitrogens is 3. The van der Waals surface area contributed by atoms with E-state index < -0.39 is 0 Å². The molecule has 0 saturated carbocycles. The quantitative estimate of drug-likeness (QED) is 0.873. The molecular formula is C13H13N5O. The largest absolute Gasteiger partial charge is 0.381 e. The van der Waals surface area contributed by atoms with E-state index in [1.807, 2.05) is 19.9 Å². The highest BCUT2D eigenvalue weighted by Gasteiger charge is 2.08. The Balaban J connectivity index is 2.57. The van der Waals surface area contributed by atoms with Gasteiger partial charge in [0.1, 0.15) is 6.07 Å². The molecule has 0 aromatic carbocycles. The summed E-state index contributed by atoms with van der Waals surface area (Å²) in [6.07, 6.45) is 3.19. The molecule has 6 nitrogen and oxygen atoms in total. The van der Waals surface area contributed by atoms with Gasteiger partial charge in [-0.25, -0.2) is 9.97 Å². The van der Waals surface area contributed by atoms with E-state index in [-0.39, 0.29) is 23.1 Å². The van der Waals surface area contributed by atoms with E-state index in [4.69, 9.17) is 11.0 Å². The van der Waals surface area contributed by atoms with E-state index in [1.165, 1.54) is 12.3 Å². The van der Waals surface area contributed by atoms with E-state index >= 15 is 0 Å². The Morgan fingerprint density at radius 3 is 2.79 bits per heavy atom. The van der Waals surface area contributed by atoms with E-state index in [0.29, 0.717) is 5.69 Å². The molecule has 2 heterocycles. The fourth-order valence-corrected chi connectivity index (χ4v) is 1.68. The van der Waals surface area contributed by atoms with Crippen molar-refractivity contribution < 1.29 is 0 Å². The Morgan fingerprint density at radius 2 is 2.16 bits per heavy atom. The topological polar surface area (TPSA) is 97.6 Å². The highest BCUT2D eigenvalue weighted by Crippen LogP contribution is 2.17. The molecule has 0 bridgehead atoms. The van der Waals surface area contributed by atoms with Crippen molar-refractivity contribution in [3.63, 3.8) is 0 Å². The molecule has 0 saturated heterocycles. The third-order valence-electron chi connectivity index (χ3n) is 2.70. The summed E-state index contributed by atoms with van der Waals surface area (Å²) in [6.45, 7) is 3.83. The molecule has 0 unspecified atom stereocenters. The minimum Gasteiger partial charge on any atom is -0.381 e. The Morgan fingerprint density at radius 1 is 1.42 bits per heavy atom. The van der Waals surface area contributed by atoms with E-state index in [2.05, 4.69) is 9.97 Å². The molecule has 0 radical (unpaired) electrons. The summed E-state index contributed by atoms with van der Waals surface area (Å²) in [7, 11) is 0. The number of hydrogen-bond donors (Lipinski definition) is 1. The second-order valence-corrected chi connectivity index (χ2v) is 4.36. The summed E-state index contributed by atoms with van der Waals surface area (Å²) in [5.74, 6) is 0.100. The zero-order chi connectivity index (χ0) is 14.0. The molecule has 2 aromatic rings. The molecule has 19 heavy (non-hydrogen) atoms. The van der Waals surface area contributed by atoms with Gasteiger partial charge in [-0.3, -0.25) is 4.79 Å². The first kappa shape index (κ1) is 12.8. The Bertz CT molecular complexity index is 712. The maximum Gasteiger partial charge on any atom is 0.250 e. The van der Waals surface area contributed by atoms with Crippen LogP contribution >= 0.6 is 0 Å². The lowest BCUT2D eigenvalue weighted by molar-refractivity contribution is 0.579. The molecule has 0 aliphatic heterocycles. The van der Waals surface area contributed by atoms with Gasteiger partial charge in [0.2, 0.25) is 0 Å². The van der Waals surface area contributed by atoms with Crippen LogP contribution in [0.15, 0.2) is 29.3 Å². The van der Waals surface area contributed by atoms with Crippen LogP contribution in [-0.2, 0) is 0 Å². The lowest BCUT2D eigenvalue weighted by atomic mass is 10.2. The summed E-state index contributed by atoms with van der Waals surface area (Å²) < 4.78 is 1.60. The van der Waals surface area contributed by atoms with Gasteiger partial charge in [0, 0.05) is 23.9 Å². The highest BCUT2D eigenvalue weighted by molar-refractivity contribution is 5.59. The summed E-state index contributed by atoms with van der Waals surface area (Å²) in [5.41, 5.74) is 6.76. The van der Waals surface area contributed by atoms with Gasteiger partial charge >= 0.3 is 0 Å². The van der Waals surface area contributed by atoms with Crippen molar-refractivity contribution in [1.82, 2.24) is 14.5 Å². The molecule has 96 valence electrons. The van der Waals surface area contributed by atoms with Crippen molar-refractivity contribution in [3.05, 3.63) is 40.6 Å². The van der Waals surface area contributed by atoms with Gasteiger partial charge in [0.25, 0.3) is 5.56 Å². The first-order valence-electron chi connectivity index (χ1n) is 5.78. The third-order valence-corrected chi connectivity index (χ3v) is 2.70. The van der Waals surface area contributed by atoms with Gasteiger partial charge in [-0.15, -0.1) is 0 Å². The molecule has 0 aliphatic carbocycles. The first-order valence-corrected chi connectivity index (χ1v) is 5.78. The molecule has 0 amide bonds. The van der Waals surface area contributed by atoms with Crippen molar-refractivity contribution in [2.45, 2.75) is 19.9 Å². The smallest absolute Gasteiger partial charge is 0.250 e. The van der Waals surface area contributed by atoms with E-state index in [9.17, 15) is 4.79 Å². The second kappa shape index (κ2) is 4.90. The number of nitrogens with zero attached hydrogens (tertiary/aromatic N) is 4. The maximum atomic E-state index is 11.7. The van der Waals surface area contributed by atoms with Crippen LogP contribution in [0.2, 0.25) is 0 Å². The van der Waals surface area contributed by atoms with Crippen molar-refractivity contribution in [2.24, 2.45) is 0 Å². The number of nitrogen functional groups attached to an aromatic ring is 1. The van der Waals surface area contributed by atoms with Gasteiger partial charge in [-0.1, -0.05) is 0 Å². The van der Waals surface area contributed by atoms with Crippen molar-refractivity contribution in [3.8, 4) is 17.3 Å². The SMILES string of the molecule is CC(C)n1cc(-c2cnc(N)c(C#N)n2)ccc1=O. The van der Waals surface area contributed by atoms with Crippen LogP contribution in [0.3, 0.4) is 0 Å². The maximum absolute atomic E-state index is 11.7. The number of nitriles is 1. The number of nitrogens with two attached hydrogens (primary N) is 1. The van der Waals surface area contributed by atoms with Gasteiger partial charge in [0.05, 0.1) is 11.9 Å². The van der Waals surface area contributed by atoms with Crippen LogP contribution in [0.4, 0.5) is 5.82 Å². The molecule has 0 atom stereocenters. The number of pyridine rings is 1. The second-order valence-electron chi connectivity index (χ2n) is 4.36. The van der Waals surface area contributed by atoms with Crippen LogP contribution in [0, 0.1) is 11.3 Å². The molecule has 0 aliphatic rings. The zero-order valence-corrected chi connectivity index (χ0v) is 10.7. The van der Waals surface area contributed by atoms with Gasteiger partial charge in [0.15, 0.2) is 11.5 Å². The predicted molar refractivity (Wildman–Crippen MR) is 71.2 cm³/mol. The van der Waals surface area contributed by atoms with Crippen LogP contribution in [0.25, 0.3) is 11.3 Å². The summed E-state index contributed by atoms with van der Waals surface area (Å²) in [4.78, 5) is 19.7. The monoisotopic (exact) mass is 255 g/mol. The van der Waals surface area contributed by atoms with Crippen molar-refractivity contribution in [2.75, 3.05) is 5.73 Å². The number of rotatable bonds is 2. The molecule has 2 N–H and O–H groups in total. The normalized spacial score (nSPS) is 10.4. The van der Waals surface area contributed by atoms with Gasteiger partial charge in [-0.05, 0) is 19.9 Å². The lowest BCUT2D eigenvalue weighted by Crippen LogP contribution is -2.20. The van der Waals surface area contributed by atoms with Crippen LogP contribution < -0.4 is 11.3 Å². The lowest BCUT2D eigenvalue weighted by Gasteiger charge is -2.11. The van der Waals surface area contributed by atoms with Crippen molar-refractivity contribution in [1.29, 1.82) is 5.26 Å². The predicted octanol–water partition coefficient (Wildman–Crippen LogP) is 1.34. The number of anilines is 1. The van der Waals surface area contributed by atoms with Crippen LogP contribution in [-0.4, -0.2) is 14.5 Å². The molecular weight excluding hydrogens is 242 g/mol. The third kappa shape index (κ3) is 2.45. The van der Waals surface area contributed by atoms with Crippen LogP contribution in [0.1, 0.15) is 25.6 Å². The zero-order valence-electron chi connectivity index (χ0n) is 10.7. The average molecular weight is 255 g/mol. The molecule has 6 heteroatoms. The standard InChI is InChI=1S/C13H13N5O/c1-8(2)18-7-9(3-4-12(18)19)11-6-16-13(15)10(5-14)17-11/h3-4,6-8H,1-2H3,(H2,15,16). The average Bonchev–Trinajstić information content (AvgIpc) is 2.39. The fraction of sp³-hybridized carbons (Fsp3) is 0.231. The fourth-order valence-electron chi connectivity index (χ4n) is 1.68. The van der Waals surface area contributed by atoms with Gasteiger partial charge < -0.3 is 10.3 Å². The summed E-state index contributed by atoms with van der Waals surface area (Å²) >= 11 is 0. The Labute approximate surface area is 110 Å². The molecule has 0 fully saturated rings.